The second-order valence-electron chi connectivity index (χ2n) is 9.37. The van der Waals surface area contributed by atoms with Crippen molar-refractivity contribution >= 4 is 11.6 Å². The number of aromatic hydroxyl groups is 1. The lowest BCUT2D eigenvalue weighted by Crippen LogP contribution is -2.48. The van der Waals surface area contributed by atoms with Crippen molar-refractivity contribution in [2.75, 3.05) is 38.2 Å². The highest BCUT2D eigenvalue weighted by atomic mass is 16.5. The van der Waals surface area contributed by atoms with Crippen molar-refractivity contribution in [3.63, 3.8) is 0 Å². The zero-order valence-electron chi connectivity index (χ0n) is 20.6. The van der Waals surface area contributed by atoms with E-state index in [0.29, 0.717) is 24.6 Å². The van der Waals surface area contributed by atoms with Crippen LogP contribution >= 0.6 is 0 Å². The lowest BCUT2D eigenvalue weighted by Gasteiger charge is -2.36. The fourth-order valence-electron chi connectivity index (χ4n) is 4.89. The first kappa shape index (κ1) is 23.0. The monoisotopic (exact) mass is 496 g/mol. The summed E-state index contributed by atoms with van der Waals surface area (Å²) >= 11 is 0. The second kappa shape index (κ2) is 9.57. The minimum absolute atomic E-state index is 0.000565. The van der Waals surface area contributed by atoms with Gasteiger partial charge in [-0.3, -0.25) is 4.79 Å². The predicted octanol–water partition coefficient (Wildman–Crippen LogP) is 3.88. The van der Waals surface area contributed by atoms with Crippen LogP contribution in [-0.4, -0.2) is 69.0 Å². The molecule has 6 rings (SSSR count). The third-order valence-electron chi connectivity index (χ3n) is 7.00. The molecule has 1 aliphatic carbocycles. The third kappa shape index (κ3) is 4.48. The van der Waals surface area contributed by atoms with Crippen LogP contribution < -0.4 is 9.64 Å². The average Bonchev–Trinajstić information content (AvgIpc) is 3.70. The third-order valence-corrected chi connectivity index (χ3v) is 7.00. The van der Waals surface area contributed by atoms with Gasteiger partial charge in [0.15, 0.2) is 0 Å². The lowest BCUT2D eigenvalue weighted by molar-refractivity contribution is 0.0745. The molecule has 1 saturated heterocycles. The number of nitrogens with zero attached hydrogens (tertiary/aromatic N) is 6. The molecule has 0 unspecified atom stereocenters. The van der Waals surface area contributed by atoms with Gasteiger partial charge in [0.05, 0.1) is 30.3 Å². The summed E-state index contributed by atoms with van der Waals surface area (Å²) in [5.41, 5.74) is 4.17. The van der Waals surface area contributed by atoms with Crippen molar-refractivity contribution in [3.05, 3.63) is 78.2 Å². The van der Waals surface area contributed by atoms with Gasteiger partial charge in [0.1, 0.15) is 11.5 Å². The summed E-state index contributed by atoms with van der Waals surface area (Å²) in [6.45, 7) is 2.70. The van der Waals surface area contributed by atoms with Gasteiger partial charge in [-0.15, -0.1) is 0 Å². The molecular weight excluding hydrogens is 468 g/mol. The molecule has 188 valence electrons. The Balaban J connectivity index is 1.25. The molecule has 0 bridgehead atoms. The van der Waals surface area contributed by atoms with E-state index in [1.54, 1.807) is 36.3 Å². The van der Waals surface area contributed by atoms with Gasteiger partial charge >= 0.3 is 0 Å². The highest BCUT2D eigenvalue weighted by Crippen LogP contribution is 2.42. The summed E-state index contributed by atoms with van der Waals surface area (Å²) in [6.07, 6.45) is 5.42. The van der Waals surface area contributed by atoms with Gasteiger partial charge in [0.25, 0.3) is 11.9 Å². The molecule has 9 nitrogen and oxygen atoms in total. The maximum absolute atomic E-state index is 13.6. The maximum atomic E-state index is 13.6. The van der Waals surface area contributed by atoms with E-state index in [4.69, 9.17) is 9.72 Å². The van der Waals surface area contributed by atoms with Gasteiger partial charge in [-0.2, -0.15) is 5.10 Å². The number of aromatic nitrogens is 4. The molecule has 9 heteroatoms. The van der Waals surface area contributed by atoms with Crippen molar-refractivity contribution in [1.29, 1.82) is 0 Å². The van der Waals surface area contributed by atoms with Gasteiger partial charge < -0.3 is 19.6 Å². The van der Waals surface area contributed by atoms with Crippen LogP contribution in [0.3, 0.4) is 0 Å². The number of methoxy groups -OCH3 is 1. The van der Waals surface area contributed by atoms with E-state index >= 15 is 0 Å². The van der Waals surface area contributed by atoms with Crippen molar-refractivity contribution in [1.82, 2.24) is 24.6 Å². The summed E-state index contributed by atoms with van der Waals surface area (Å²) in [6, 6.07) is 16.8. The molecule has 37 heavy (non-hydrogen) atoms. The molecule has 1 aliphatic heterocycles. The number of piperazine rings is 1. The predicted molar refractivity (Wildman–Crippen MR) is 139 cm³/mol. The first-order valence-corrected chi connectivity index (χ1v) is 12.5. The number of anilines is 1. The number of carbonyl (C=O) groups excluding carboxylic acids is 1. The summed E-state index contributed by atoms with van der Waals surface area (Å²) in [7, 11) is 1.64. The number of ether oxygens (including phenoxy) is 1. The van der Waals surface area contributed by atoms with E-state index in [2.05, 4.69) is 15.0 Å². The zero-order valence-corrected chi connectivity index (χ0v) is 20.6. The summed E-state index contributed by atoms with van der Waals surface area (Å²) in [5, 5.41) is 14.1. The van der Waals surface area contributed by atoms with Crippen LogP contribution in [0.2, 0.25) is 0 Å². The molecule has 4 aromatic rings. The molecule has 2 aliphatic rings. The number of para-hydroxylation sites is 1. The van der Waals surface area contributed by atoms with Gasteiger partial charge in [0, 0.05) is 49.5 Å². The van der Waals surface area contributed by atoms with Crippen LogP contribution in [-0.2, 0) is 0 Å². The summed E-state index contributed by atoms with van der Waals surface area (Å²) < 4.78 is 7.25. The zero-order chi connectivity index (χ0) is 25.4. The van der Waals surface area contributed by atoms with Crippen LogP contribution in [0.25, 0.3) is 17.2 Å². The minimum atomic E-state index is -0.000565. The fourth-order valence-corrected chi connectivity index (χ4v) is 4.89. The smallest absolute Gasteiger partial charge is 0.257 e. The second-order valence-corrected chi connectivity index (χ2v) is 9.37. The van der Waals surface area contributed by atoms with E-state index in [-0.39, 0.29) is 17.6 Å². The Morgan fingerprint density at radius 3 is 2.49 bits per heavy atom. The molecule has 2 aromatic heterocycles. The number of carbonyl (C=O) groups is 1. The topological polar surface area (TPSA) is 96.6 Å². The number of hydrogen-bond donors (Lipinski definition) is 1. The number of phenolic OH excluding ortho intramolecular Hbond substituents is 1. The Kier molecular flexibility index (Phi) is 5.96. The molecule has 0 radical (unpaired) electrons. The van der Waals surface area contributed by atoms with Crippen molar-refractivity contribution in [2.24, 2.45) is 0 Å². The summed E-state index contributed by atoms with van der Waals surface area (Å²) in [4.78, 5) is 27.0. The van der Waals surface area contributed by atoms with E-state index in [1.807, 2.05) is 47.4 Å². The number of hydrogen-bond acceptors (Lipinski definition) is 7. The number of rotatable bonds is 6. The van der Waals surface area contributed by atoms with E-state index in [0.717, 1.165) is 54.3 Å². The standard InChI is InChI=1S/C28H28N6O3/c1-37-25-5-3-2-4-22(25)24-12-13-29-28(31-24)34-26(19-6-7-19)23(18-30-34)27(36)33-16-14-32(15-17-33)20-8-10-21(35)11-9-20/h2-5,8-13,18-19,35H,6-7,14-17H2,1H3. The fraction of sp³-hybridized carbons (Fsp3) is 0.286. The minimum Gasteiger partial charge on any atom is -0.508 e. The molecular formula is C28H28N6O3. The van der Waals surface area contributed by atoms with Gasteiger partial charge in [0.2, 0.25) is 0 Å². The first-order chi connectivity index (χ1) is 18.1. The van der Waals surface area contributed by atoms with Crippen molar-refractivity contribution in [2.45, 2.75) is 18.8 Å². The normalized spacial score (nSPS) is 15.6. The highest BCUT2D eigenvalue weighted by Gasteiger charge is 2.35. The quantitative estimate of drug-likeness (QED) is 0.433. The van der Waals surface area contributed by atoms with E-state index < -0.39 is 0 Å². The van der Waals surface area contributed by atoms with Gasteiger partial charge in [-0.05, 0) is 55.3 Å². The van der Waals surface area contributed by atoms with Crippen LogP contribution in [0, 0.1) is 0 Å². The number of amides is 1. The van der Waals surface area contributed by atoms with E-state index in [1.165, 1.54) is 0 Å². The molecule has 1 amide bonds. The van der Waals surface area contributed by atoms with E-state index in [9.17, 15) is 9.90 Å². The molecule has 0 spiro atoms. The highest BCUT2D eigenvalue weighted by molar-refractivity contribution is 5.95. The largest absolute Gasteiger partial charge is 0.508 e. The molecule has 0 atom stereocenters. The Labute approximate surface area is 215 Å². The average molecular weight is 497 g/mol. The maximum Gasteiger partial charge on any atom is 0.257 e. The SMILES string of the molecule is COc1ccccc1-c1ccnc(-n2ncc(C(=O)N3CCN(c4ccc(O)cc4)CC3)c2C2CC2)n1. The van der Waals surface area contributed by atoms with Gasteiger partial charge in [-0.25, -0.2) is 14.6 Å². The molecule has 1 N–H and O–H groups in total. The van der Waals surface area contributed by atoms with Crippen LogP contribution in [0.5, 0.6) is 11.5 Å². The summed E-state index contributed by atoms with van der Waals surface area (Å²) in [5.74, 6) is 1.70. The Morgan fingerprint density at radius 1 is 1.00 bits per heavy atom. The van der Waals surface area contributed by atoms with Crippen LogP contribution in [0.4, 0.5) is 5.69 Å². The van der Waals surface area contributed by atoms with Crippen molar-refractivity contribution < 1.29 is 14.6 Å². The number of phenols is 1. The molecule has 2 aromatic carbocycles. The first-order valence-electron chi connectivity index (χ1n) is 12.5. The Morgan fingerprint density at radius 2 is 1.76 bits per heavy atom. The molecule has 3 heterocycles. The Hall–Kier alpha value is -4.40. The molecule has 2 fully saturated rings. The van der Waals surface area contributed by atoms with Gasteiger partial charge in [-0.1, -0.05) is 12.1 Å². The van der Waals surface area contributed by atoms with Crippen LogP contribution in [0.1, 0.15) is 34.8 Å². The lowest BCUT2D eigenvalue weighted by atomic mass is 10.1. The van der Waals surface area contributed by atoms with Crippen molar-refractivity contribution in [3.8, 4) is 28.7 Å². The number of benzene rings is 2. The molecule has 1 saturated carbocycles. The Bertz CT molecular complexity index is 1420. The van der Waals surface area contributed by atoms with Crippen LogP contribution in [0.15, 0.2) is 67.0 Å².